The number of aryl methyl sites for hydroxylation is 1. The Morgan fingerprint density at radius 2 is 2.08 bits per heavy atom. The van der Waals surface area contributed by atoms with E-state index in [9.17, 15) is 0 Å². The molecule has 0 aromatic heterocycles. The number of hydrogen-bond donors (Lipinski definition) is 0. The molecule has 0 heterocycles. The first-order valence-electron chi connectivity index (χ1n) is 4.80. The average Bonchev–Trinajstić information content (AvgIpc) is 2.24. The van der Waals surface area contributed by atoms with Gasteiger partial charge in [-0.2, -0.15) is 0 Å². The Balaban J connectivity index is 2.73. The summed E-state index contributed by atoms with van der Waals surface area (Å²) in [4.78, 5) is 0. The topological polar surface area (TPSA) is 0 Å². The molecule has 2 rings (SSSR count). The Bertz CT molecular complexity index is 378. The van der Waals surface area contributed by atoms with Gasteiger partial charge in [-0.05, 0) is 35.6 Å². The van der Waals surface area contributed by atoms with Crippen LogP contribution in [0.3, 0.4) is 0 Å². The van der Waals surface area contributed by atoms with Gasteiger partial charge in [0.1, 0.15) is 15.7 Å². The van der Waals surface area contributed by atoms with Crippen molar-refractivity contribution >= 4 is 21.3 Å². The zero-order chi connectivity index (χ0) is 9.64. The van der Waals surface area contributed by atoms with Gasteiger partial charge in [-0.25, -0.2) is 0 Å². The van der Waals surface area contributed by atoms with E-state index in [1.54, 1.807) is 0 Å². The molecule has 0 unspecified atom stereocenters. The summed E-state index contributed by atoms with van der Waals surface area (Å²) >= 11 is 0. The van der Waals surface area contributed by atoms with Crippen molar-refractivity contribution in [3.05, 3.63) is 41.5 Å². The van der Waals surface area contributed by atoms with Crippen LogP contribution in [0.2, 0.25) is 0 Å². The van der Waals surface area contributed by atoms with Gasteiger partial charge >= 0.3 is 0 Å². The van der Waals surface area contributed by atoms with Crippen molar-refractivity contribution in [1.82, 2.24) is 0 Å². The van der Waals surface area contributed by atoms with Gasteiger partial charge in [0, 0.05) is 0 Å². The van der Waals surface area contributed by atoms with E-state index in [0.29, 0.717) is 0 Å². The van der Waals surface area contributed by atoms with E-state index in [2.05, 4.69) is 47.4 Å². The molecule has 0 fully saturated rings. The van der Waals surface area contributed by atoms with Crippen LogP contribution in [0.5, 0.6) is 0 Å². The van der Waals surface area contributed by atoms with E-state index in [0.717, 1.165) is 6.42 Å². The molecule has 0 bridgehead atoms. The van der Waals surface area contributed by atoms with Gasteiger partial charge in [-0.15, -0.1) is 0 Å². The highest BCUT2D eigenvalue weighted by Gasteiger charge is 2.32. The van der Waals surface area contributed by atoms with Crippen LogP contribution in [0.1, 0.15) is 23.1 Å². The van der Waals surface area contributed by atoms with Crippen LogP contribution in [0, 0.1) is 6.92 Å². The standard InChI is InChI=1S/C11H14B2/c1-7-4-3-5-9-8(2)6-11(12,13)10(7)9/h3-5H,2,6,12-13H2,1H3. The largest absolute Gasteiger partial charge is 0.105 e. The molecule has 64 valence electrons. The summed E-state index contributed by atoms with van der Waals surface area (Å²) in [7, 11) is 4.61. The van der Waals surface area contributed by atoms with Crippen LogP contribution in [-0.2, 0) is 5.21 Å². The number of hydrogen-bond acceptors (Lipinski definition) is 0. The molecule has 0 amide bonds. The van der Waals surface area contributed by atoms with Gasteiger partial charge in [0.05, 0.1) is 0 Å². The molecule has 0 aliphatic heterocycles. The Morgan fingerprint density at radius 1 is 1.38 bits per heavy atom. The van der Waals surface area contributed by atoms with Crippen molar-refractivity contribution in [2.75, 3.05) is 0 Å². The van der Waals surface area contributed by atoms with Crippen LogP contribution in [0.15, 0.2) is 24.8 Å². The molecule has 0 nitrogen and oxygen atoms in total. The van der Waals surface area contributed by atoms with Gasteiger partial charge in [-0.3, -0.25) is 0 Å². The molecule has 0 N–H and O–H groups in total. The average molecular weight is 168 g/mol. The molecule has 1 aromatic rings. The minimum absolute atomic E-state index is 0.289. The Labute approximate surface area is 81.9 Å². The van der Waals surface area contributed by atoms with Gasteiger partial charge < -0.3 is 0 Å². The normalized spacial score (nSPS) is 18.7. The van der Waals surface area contributed by atoms with Crippen LogP contribution in [-0.4, -0.2) is 15.7 Å². The lowest BCUT2D eigenvalue weighted by Gasteiger charge is -2.20. The maximum Gasteiger partial charge on any atom is 0.105 e. The lowest BCUT2D eigenvalue weighted by Crippen LogP contribution is -2.23. The summed E-state index contributed by atoms with van der Waals surface area (Å²) in [5.41, 5.74) is 5.58. The predicted octanol–water partition coefficient (Wildman–Crippen LogP) is 0.831. The first-order valence-corrected chi connectivity index (χ1v) is 4.80. The molecule has 0 saturated carbocycles. The van der Waals surface area contributed by atoms with Crippen LogP contribution >= 0.6 is 0 Å². The molecular formula is C11H14B2. The van der Waals surface area contributed by atoms with Gasteiger partial charge in [0.15, 0.2) is 0 Å². The van der Waals surface area contributed by atoms with E-state index < -0.39 is 0 Å². The van der Waals surface area contributed by atoms with Crippen LogP contribution in [0.4, 0.5) is 0 Å². The smallest absolute Gasteiger partial charge is 0.0952 e. The minimum atomic E-state index is 0.289. The molecule has 1 aliphatic carbocycles. The summed E-state index contributed by atoms with van der Waals surface area (Å²) in [6.45, 7) is 6.33. The molecule has 2 heteroatoms. The first kappa shape index (κ1) is 8.68. The van der Waals surface area contributed by atoms with Crippen LogP contribution in [0.25, 0.3) is 5.57 Å². The number of benzene rings is 1. The van der Waals surface area contributed by atoms with Crippen molar-refractivity contribution in [3.63, 3.8) is 0 Å². The fourth-order valence-corrected chi connectivity index (χ4v) is 2.58. The number of fused-ring (bicyclic) bond motifs is 1. The lowest BCUT2D eigenvalue weighted by molar-refractivity contribution is 0.913. The van der Waals surface area contributed by atoms with E-state index >= 15 is 0 Å². The lowest BCUT2D eigenvalue weighted by atomic mass is 9.51. The quantitative estimate of drug-likeness (QED) is 0.503. The van der Waals surface area contributed by atoms with Crippen molar-refractivity contribution in [3.8, 4) is 0 Å². The molecule has 0 radical (unpaired) electrons. The summed E-state index contributed by atoms with van der Waals surface area (Å²) in [5, 5.41) is 0.289. The van der Waals surface area contributed by atoms with Crippen molar-refractivity contribution in [2.45, 2.75) is 18.6 Å². The van der Waals surface area contributed by atoms with E-state index in [1.165, 1.54) is 22.3 Å². The van der Waals surface area contributed by atoms with Crippen molar-refractivity contribution < 1.29 is 0 Å². The van der Waals surface area contributed by atoms with Gasteiger partial charge in [-0.1, -0.05) is 30.0 Å². The molecule has 1 aromatic carbocycles. The number of rotatable bonds is 0. The molecule has 0 spiro atoms. The fraction of sp³-hybridized carbons (Fsp3) is 0.273. The highest BCUT2D eigenvalue weighted by Crippen LogP contribution is 2.42. The van der Waals surface area contributed by atoms with E-state index in [-0.39, 0.29) is 5.21 Å². The highest BCUT2D eigenvalue weighted by atomic mass is 14.3. The van der Waals surface area contributed by atoms with Crippen molar-refractivity contribution in [2.24, 2.45) is 0 Å². The minimum Gasteiger partial charge on any atom is -0.0952 e. The Morgan fingerprint density at radius 3 is 2.69 bits per heavy atom. The van der Waals surface area contributed by atoms with Gasteiger partial charge in [0.2, 0.25) is 0 Å². The summed E-state index contributed by atoms with van der Waals surface area (Å²) < 4.78 is 0. The SMILES string of the molecule is BC1(B)CC(=C)c2cccc(C)c21. The molecule has 1 aliphatic rings. The third-order valence-corrected chi connectivity index (χ3v) is 2.99. The predicted molar refractivity (Wildman–Crippen MR) is 63.6 cm³/mol. The maximum absolute atomic E-state index is 4.13. The monoisotopic (exact) mass is 168 g/mol. The summed E-state index contributed by atoms with van der Waals surface area (Å²) in [6.07, 6.45) is 1.10. The van der Waals surface area contributed by atoms with Crippen LogP contribution < -0.4 is 0 Å². The van der Waals surface area contributed by atoms with Gasteiger partial charge in [0.25, 0.3) is 0 Å². The van der Waals surface area contributed by atoms with Crippen molar-refractivity contribution in [1.29, 1.82) is 0 Å². The van der Waals surface area contributed by atoms with E-state index in [4.69, 9.17) is 0 Å². The zero-order valence-corrected chi connectivity index (χ0v) is 8.65. The fourth-order valence-electron chi connectivity index (χ4n) is 2.58. The second-order valence-electron chi connectivity index (χ2n) is 4.66. The summed E-state index contributed by atoms with van der Waals surface area (Å²) in [5.74, 6) is 0. The molecular weight excluding hydrogens is 154 g/mol. The Hall–Kier alpha value is -0.910. The molecule has 0 atom stereocenters. The summed E-state index contributed by atoms with van der Waals surface area (Å²) in [6, 6.07) is 6.51. The third-order valence-electron chi connectivity index (χ3n) is 2.99. The molecule has 13 heavy (non-hydrogen) atoms. The third kappa shape index (κ3) is 1.16. The highest BCUT2D eigenvalue weighted by molar-refractivity contribution is 6.41. The zero-order valence-electron chi connectivity index (χ0n) is 8.65. The molecule has 0 saturated heterocycles. The second-order valence-corrected chi connectivity index (χ2v) is 4.66. The number of allylic oxidation sites excluding steroid dienone is 1. The van der Waals surface area contributed by atoms with E-state index in [1.807, 2.05) is 0 Å². The first-order chi connectivity index (χ1) is 6.02. The maximum atomic E-state index is 4.13. The second kappa shape index (κ2) is 2.54. The Kier molecular flexibility index (Phi) is 1.69.